The number of aliphatic carboxylic acids is 1. The molecule has 2 heterocycles. The van der Waals surface area contributed by atoms with Crippen molar-refractivity contribution in [3.05, 3.63) is 126 Å². The number of carbonyl (C=O) groups is 10. The molecule has 0 saturated carbocycles. The molecule has 3 aromatic carbocycles. The lowest BCUT2D eigenvalue weighted by Gasteiger charge is -2.31. The van der Waals surface area contributed by atoms with Crippen LogP contribution >= 0.6 is 0 Å². The van der Waals surface area contributed by atoms with Gasteiger partial charge in [-0.3, -0.25) is 48.1 Å². The average molecular weight is 1280 g/mol. The fraction of sp³-hybridized carbons (Fsp3) is 0.500. The third-order valence-corrected chi connectivity index (χ3v) is 15.9. The Morgan fingerprint density at radius 2 is 1.09 bits per heavy atom. The number of nitrogens with zero attached hydrogens (tertiary/aromatic N) is 3. The highest BCUT2D eigenvalue weighted by Gasteiger charge is 2.41. The van der Waals surface area contributed by atoms with Crippen LogP contribution in [0.4, 0.5) is 0 Å². The normalized spacial score (nSPS) is 16.1. The number of hydrogen-bond acceptors (Lipinski definition) is 15. The van der Waals surface area contributed by atoms with Gasteiger partial charge in [0, 0.05) is 50.7 Å². The molecule has 0 spiro atoms. The molecular weight excluding hydrogens is 1180 g/mol. The van der Waals surface area contributed by atoms with E-state index in [4.69, 9.17) is 22.9 Å². The van der Waals surface area contributed by atoms with Crippen molar-refractivity contribution in [1.82, 2.24) is 57.4 Å². The number of H-pyrrole nitrogens is 1. The molecule has 0 unspecified atom stereocenters. The monoisotopic (exact) mass is 1280 g/mol. The molecular formula is C64H92N16O12. The minimum absolute atomic E-state index is 0.00126. The van der Waals surface area contributed by atoms with Crippen LogP contribution in [0.25, 0.3) is 0 Å². The Labute approximate surface area is 535 Å². The van der Waals surface area contributed by atoms with Gasteiger partial charge in [-0.25, -0.2) is 9.78 Å². The van der Waals surface area contributed by atoms with Crippen LogP contribution in [0.15, 0.2) is 109 Å². The second kappa shape index (κ2) is 37.8. The highest BCUT2D eigenvalue weighted by Crippen LogP contribution is 2.22. The number of benzene rings is 3. The lowest BCUT2D eigenvalue weighted by molar-refractivity contribution is -0.144. The van der Waals surface area contributed by atoms with Gasteiger partial charge in [0.15, 0.2) is 5.96 Å². The first-order valence-corrected chi connectivity index (χ1v) is 31.2. The highest BCUT2D eigenvalue weighted by molar-refractivity contribution is 5.99. The van der Waals surface area contributed by atoms with Crippen LogP contribution < -0.4 is 65.5 Å². The zero-order valence-corrected chi connectivity index (χ0v) is 52.7. The SMILES string of the molecule is CC[C@H](C)[C@H](NC(=O)[C@H](CCCN=C(N)N)NC(=O)[C@H](CO)NC(=O)[C@H](CCCCN)NC(=O)[C@@H]1CCCN1C(=O)[C@H](Cc1ccccc1)NC(=O)[C@H](Cc1ccccc1)NC(=O)[C@H](Cc1ccccc1)NC(=O)[C@@H](N)Cc1cnc[nH]1)C(=O)N[C@H](C(=O)O)C(C)C. The number of carbonyl (C=O) groups excluding carboxylic acids is 9. The predicted molar refractivity (Wildman–Crippen MR) is 343 cm³/mol. The maximum Gasteiger partial charge on any atom is 0.326 e. The summed E-state index contributed by atoms with van der Waals surface area (Å²) in [4.78, 5) is 153. The molecule has 9 amide bonds. The van der Waals surface area contributed by atoms with E-state index in [1.54, 1.807) is 119 Å². The fourth-order valence-electron chi connectivity index (χ4n) is 10.5. The summed E-state index contributed by atoms with van der Waals surface area (Å²) >= 11 is 0. The van der Waals surface area contributed by atoms with Crippen LogP contribution in [-0.2, 0) is 73.6 Å². The van der Waals surface area contributed by atoms with Crippen molar-refractivity contribution in [2.45, 2.75) is 165 Å². The predicted octanol–water partition coefficient (Wildman–Crippen LogP) is -1.16. The number of imidazole rings is 1. The zero-order chi connectivity index (χ0) is 67.3. The van der Waals surface area contributed by atoms with E-state index in [2.05, 4.69) is 57.5 Å². The van der Waals surface area contributed by atoms with E-state index in [9.17, 15) is 53.4 Å². The number of carboxylic acids is 1. The van der Waals surface area contributed by atoms with Crippen LogP contribution in [-0.4, -0.2) is 177 Å². The molecule has 0 radical (unpaired) electrons. The second-order valence-corrected chi connectivity index (χ2v) is 23.4. The third kappa shape index (κ3) is 23.5. The van der Waals surface area contributed by atoms with Crippen LogP contribution in [0.1, 0.15) is 101 Å². The lowest BCUT2D eigenvalue weighted by Crippen LogP contribution is -2.61. The van der Waals surface area contributed by atoms with Gasteiger partial charge in [0.25, 0.3) is 0 Å². The summed E-state index contributed by atoms with van der Waals surface area (Å²) in [5, 5.41) is 41.8. The van der Waals surface area contributed by atoms with E-state index in [-0.39, 0.29) is 77.0 Å². The standard InChI is InChI=1S/C64H92N16O12/c1-5-39(4)53(61(89)78-52(38(2)3)63(91)92)79-56(84)46(26-17-29-70-64(67)68)72-59(87)50(36-81)77-55(83)45(25-15-16-28-65)73-60(88)51-27-18-30-80(51)62(90)49(33-42-23-13-8-14-24-42)76-58(86)48(32-41-21-11-7-12-22-41)75-57(85)47(31-40-19-9-6-10-20-40)74-54(82)44(66)34-43-35-69-37-71-43/h6-14,19-24,35,37-39,44-53,81H,5,15-18,25-34,36,65-66H2,1-4H3,(H,69,71)(H,72,87)(H,73,88)(H,74,82)(H,75,85)(H,76,86)(H,77,83)(H,78,89)(H,79,84)(H,91,92)(H4,67,68,70)/t39-,44-,45-,46-,47-,48-,49-,50-,51-,52-,53-/m0/s1. The second-order valence-electron chi connectivity index (χ2n) is 23.4. The minimum Gasteiger partial charge on any atom is -0.480 e. The number of aliphatic hydroxyl groups excluding tert-OH is 1. The van der Waals surface area contributed by atoms with Crippen LogP contribution in [0.3, 0.4) is 0 Å². The van der Waals surface area contributed by atoms with Crippen LogP contribution in [0, 0.1) is 11.8 Å². The average Bonchev–Trinajstić information content (AvgIpc) is 1.60. The van der Waals surface area contributed by atoms with Gasteiger partial charge >= 0.3 is 5.97 Å². The number of guanidine groups is 1. The van der Waals surface area contributed by atoms with Crippen molar-refractivity contribution in [2.75, 3.05) is 26.2 Å². The third-order valence-electron chi connectivity index (χ3n) is 15.9. The topological polar surface area (TPSA) is 456 Å². The smallest absolute Gasteiger partial charge is 0.326 e. The van der Waals surface area contributed by atoms with Crippen LogP contribution in [0.2, 0.25) is 0 Å². The van der Waals surface area contributed by atoms with E-state index in [0.717, 1.165) is 0 Å². The quantitative estimate of drug-likeness (QED) is 0.0143. The molecule has 1 aliphatic heterocycles. The summed E-state index contributed by atoms with van der Waals surface area (Å²) in [6.45, 7) is 6.03. The Bertz CT molecular complexity index is 3060. The number of nitrogens with two attached hydrogens (primary N) is 4. The summed E-state index contributed by atoms with van der Waals surface area (Å²) in [6, 6.07) is 13.6. The Balaban J connectivity index is 1.37. The summed E-state index contributed by atoms with van der Waals surface area (Å²) in [5.41, 5.74) is 25.8. The van der Waals surface area contributed by atoms with Gasteiger partial charge in [0.1, 0.15) is 54.4 Å². The van der Waals surface area contributed by atoms with Crippen molar-refractivity contribution in [3.8, 4) is 0 Å². The maximum atomic E-state index is 15.1. The molecule has 4 aromatic rings. The molecule has 500 valence electrons. The first-order valence-electron chi connectivity index (χ1n) is 31.2. The molecule has 1 saturated heterocycles. The molecule has 19 N–H and O–H groups in total. The Morgan fingerprint density at radius 1 is 0.609 bits per heavy atom. The zero-order valence-electron chi connectivity index (χ0n) is 52.7. The van der Waals surface area contributed by atoms with Crippen molar-refractivity contribution in [1.29, 1.82) is 0 Å². The van der Waals surface area contributed by atoms with Gasteiger partial charge in [0.2, 0.25) is 53.2 Å². The number of unbranched alkanes of at least 4 members (excludes halogenated alkanes) is 1. The van der Waals surface area contributed by atoms with E-state index < -0.39 is 138 Å². The number of likely N-dealkylation sites (tertiary alicyclic amines) is 1. The molecule has 0 bridgehead atoms. The number of nitrogens with one attached hydrogen (secondary N) is 9. The van der Waals surface area contributed by atoms with Gasteiger partial charge in [-0.15, -0.1) is 0 Å². The van der Waals surface area contributed by atoms with E-state index in [0.29, 0.717) is 48.1 Å². The summed E-state index contributed by atoms with van der Waals surface area (Å²) in [6.07, 6.45) is 4.69. The Morgan fingerprint density at radius 3 is 1.60 bits per heavy atom. The molecule has 11 atom stereocenters. The molecule has 1 aromatic heterocycles. The van der Waals surface area contributed by atoms with Gasteiger partial charge in [-0.2, -0.15) is 0 Å². The van der Waals surface area contributed by atoms with Gasteiger partial charge in [-0.05, 0) is 80.0 Å². The summed E-state index contributed by atoms with van der Waals surface area (Å²) in [5.74, 6) is -9.50. The molecule has 5 rings (SSSR count). The molecule has 28 nitrogen and oxygen atoms in total. The van der Waals surface area contributed by atoms with E-state index in [1.165, 1.54) is 17.4 Å². The van der Waals surface area contributed by atoms with Crippen LogP contribution in [0.5, 0.6) is 0 Å². The van der Waals surface area contributed by atoms with Gasteiger partial charge < -0.3 is 85.6 Å². The lowest BCUT2D eigenvalue weighted by atomic mass is 9.96. The molecule has 1 fully saturated rings. The maximum absolute atomic E-state index is 15.1. The molecule has 0 aliphatic carbocycles. The Hall–Kier alpha value is -9.28. The summed E-state index contributed by atoms with van der Waals surface area (Å²) in [7, 11) is 0. The number of aliphatic hydroxyl groups is 1. The van der Waals surface area contributed by atoms with Gasteiger partial charge in [-0.1, -0.05) is 125 Å². The van der Waals surface area contributed by atoms with Crippen molar-refractivity contribution in [3.63, 3.8) is 0 Å². The number of rotatable bonds is 38. The number of hydrogen-bond donors (Lipinski definition) is 15. The number of aromatic amines is 1. The highest BCUT2D eigenvalue weighted by atomic mass is 16.4. The number of amides is 9. The van der Waals surface area contributed by atoms with Crippen molar-refractivity contribution < 1.29 is 58.2 Å². The van der Waals surface area contributed by atoms with E-state index >= 15 is 4.79 Å². The number of aliphatic imine (C=N–C) groups is 1. The van der Waals surface area contributed by atoms with E-state index in [1.807, 2.05) is 0 Å². The molecule has 92 heavy (non-hydrogen) atoms. The van der Waals surface area contributed by atoms with Crippen molar-refractivity contribution in [2.24, 2.45) is 39.8 Å². The minimum atomic E-state index is -1.70. The summed E-state index contributed by atoms with van der Waals surface area (Å²) < 4.78 is 0. The first kappa shape index (κ1) is 73.5. The Kier molecular flexibility index (Phi) is 30.2. The number of aromatic nitrogens is 2. The first-order chi connectivity index (χ1) is 44.0. The fourth-order valence-corrected chi connectivity index (χ4v) is 10.5. The largest absolute Gasteiger partial charge is 0.480 e. The van der Waals surface area contributed by atoms with Gasteiger partial charge in [0.05, 0.1) is 19.0 Å². The molecule has 1 aliphatic rings. The van der Waals surface area contributed by atoms with Crippen molar-refractivity contribution >= 4 is 65.1 Å². The number of carboxylic acid groups (broad SMARTS) is 1. The molecule has 28 heteroatoms.